The fourth-order valence-electron chi connectivity index (χ4n) is 1.34. The number of esters is 1. The molecule has 92 valence electrons. The number of nitrogens with two attached hydrogens (primary N) is 1. The number of halogens is 1. The number of carbonyl (C=O) groups is 1. The second-order valence-corrected chi connectivity index (χ2v) is 4.13. The van der Waals surface area contributed by atoms with Crippen molar-refractivity contribution < 1.29 is 14.5 Å². The molecule has 17 heavy (non-hydrogen) atoms. The van der Waals surface area contributed by atoms with Crippen molar-refractivity contribution in [3.05, 3.63) is 38.3 Å². The van der Waals surface area contributed by atoms with Crippen LogP contribution in [0.2, 0.25) is 0 Å². The Balaban J connectivity index is 2.96. The van der Waals surface area contributed by atoms with Crippen molar-refractivity contribution >= 4 is 27.6 Å². The standard InChI is InChI=1S/C10H11BrN2O4/c1-17-10(14)7(12)5-6-3-2-4-8(9(6)11)13(15)16/h2-4,7H,5,12H2,1H3. The molecule has 0 aliphatic heterocycles. The summed E-state index contributed by atoms with van der Waals surface area (Å²) in [5.41, 5.74) is 6.13. The second-order valence-electron chi connectivity index (χ2n) is 3.34. The number of hydrogen-bond donors (Lipinski definition) is 1. The number of nitro groups is 1. The molecule has 1 unspecified atom stereocenters. The van der Waals surface area contributed by atoms with Crippen molar-refractivity contribution in [3.8, 4) is 0 Å². The molecule has 1 atom stereocenters. The number of benzene rings is 1. The minimum Gasteiger partial charge on any atom is -0.468 e. The molecule has 0 saturated carbocycles. The highest BCUT2D eigenvalue weighted by molar-refractivity contribution is 9.10. The van der Waals surface area contributed by atoms with Crippen LogP contribution < -0.4 is 5.73 Å². The quantitative estimate of drug-likeness (QED) is 0.515. The van der Waals surface area contributed by atoms with E-state index in [2.05, 4.69) is 20.7 Å². The summed E-state index contributed by atoms with van der Waals surface area (Å²) in [5.74, 6) is -0.552. The van der Waals surface area contributed by atoms with Crippen LogP contribution in [0.25, 0.3) is 0 Å². The molecule has 0 radical (unpaired) electrons. The van der Waals surface area contributed by atoms with E-state index in [9.17, 15) is 14.9 Å². The van der Waals surface area contributed by atoms with Crippen LogP contribution in [-0.2, 0) is 16.0 Å². The summed E-state index contributed by atoms with van der Waals surface area (Å²) in [5, 5.41) is 10.7. The van der Waals surface area contributed by atoms with E-state index in [1.165, 1.54) is 13.2 Å². The summed E-state index contributed by atoms with van der Waals surface area (Å²) >= 11 is 3.13. The number of carbonyl (C=O) groups excluding carboxylic acids is 1. The normalized spacial score (nSPS) is 11.9. The topological polar surface area (TPSA) is 95.5 Å². The van der Waals surface area contributed by atoms with Gasteiger partial charge in [0.15, 0.2) is 0 Å². The molecule has 2 N–H and O–H groups in total. The first-order valence-corrected chi connectivity index (χ1v) is 5.52. The van der Waals surface area contributed by atoms with Gasteiger partial charge in [0.05, 0.1) is 16.5 Å². The van der Waals surface area contributed by atoms with Crippen LogP contribution in [0.15, 0.2) is 22.7 Å². The fraction of sp³-hybridized carbons (Fsp3) is 0.300. The van der Waals surface area contributed by atoms with Gasteiger partial charge in [-0.25, -0.2) is 0 Å². The van der Waals surface area contributed by atoms with E-state index < -0.39 is 16.9 Å². The minimum absolute atomic E-state index is 0.0560. The predicted molar refractivity (Wildman–Crippen MR) is 64.5 cm³/mol. The molecule has 0 amide bonds. The molecule has 0 spiro atoms. The number of nitro benzene ring substituents is 1. The maximum Gasteiger partial charge on any atom is 0.322 e. The van der Waals surface area contributed by atoms with E-state index in [0.29, 0.717) is 10.0 Å². The monoisotopic (exact) mass is 302 g/mol. The highest BCUT2D eigenvalue weighted by Gasteiger charge is 2.20. The zero-order chi connectivity index (χ0) is 13.0. The molecule has 0 bridgehead atoms. The number of nitrogens with zero attached hydrogens (tertiary/aromatic N) is 1. The van der Waals surface area contributed by atoms with Crippen molar-refractivity contribution in [3.63, 3.8) is 0 Å². The van der Waals surface area contributed by atoms with Crippen LogP contribution >= 0.6 is 15.9 Å². The molecule has 7 heteroatoms. The van der Waals surface area contributed by atoms with Crippen LogP contribution in [0.3, 0.4) is 0 Å². The highest BCUT2D eigenvalue weighted by atomic mass is 79.9. The Morgan fingerprint density at radius 2 is 2.29 bits per heavy atom. The summed E-state index contributed by atoms with van der Waals surface area (Å²) in [7, 11) is 1.24. The average Bonchev–Trinajstić information content (AvgIpc) is 2.30. The molecule has 6 nitrogen and oxygen atoms in total. The Morgan fingerprint density at radius 1 is 1.65 bits per heavy atom. The van der Waals surface area contributed by atoms with Crippen LogP contribution in [0.1, 0.15) is 5.56 Å². The third-order valence-electron chi connectivity index (χ3n) is 2.20. The van der Waals surface area contributed by atoms with Gasteiger partial charge >= 0.3 is 5.97 Å². The lowest BCUT2D eigenvalue weighted by atomic mass is 10.1. The van der Waals surface area contributed by atoms with Gasteiger partial charge in [0.1, 0.15) is 6.04 Å². The number of hydrogen-bond acceptors (Lipinski definition) is 5. The SMILES string of the molecule is COC(=O)C(N)Cc1cccc([N+](=O)[O-])c1Br. The van der Waals surface area contributed by atoms with Crippen LogP contribution in [0.4, 0.5) is 5.69 Å². The van der Waals surface area contributed by atoms with Gasteiger partial charge in [-0.1, -0.05) is 12.1 Å². The van der Waals surface area contributed by atoms with Gasteiger partial charge in [-0.2, -0.15) is 0 Å². The lowest BCUT2D eigenvalue weighted by molar-refractivity contribution is -0.385. The Kier molecular flexibility index (Phi) is 4.59. The van der Waals surface area contributed by atoms with Gasteiger partial charge in [-0.3, -0.25) is 14.9 Å². The molecule has 1 aromatic carbocycles. The van der Waals surface area contributed by atoms with Crippen molar-refractivity contribution in [2.75, 3.05) is 7.11 Å². The van der Waals surface area contributed by atoms with Gasteiger partial charge in [0.25, 0.3) is 5.69 Å². The molecule has 0 fully saturated rings. The van der Waals surface area contributed by atoms with Gasteiger partial charge < -0.3 is 10.5 Å². The summed E-state index contributed by atoms with van der Waals surface area (Å²) in [6.07, 6.45) is 0.176. The molecular formula is C10H11BrN2O4. The van der Waals surface area contributed by atoms with Gasteiger partial charge in [-0.05, 0) is 27.9 Å². The van der Waals surface area contributed by atoms with E-state index in [1.807, 2.05) is 0 Å². The summed E-state index contributed by atoms with van der Waals surface area (Å²) in [6, 6.07) is 3.75. The smallest absolute Gasteiger partial charge is 0.322 e. The maximum absolute atomic E-state index is 11.1. The molecular weight excluding hydrogens is 292 g/mol. The van der Waals surface area contributed by atoms with Crippen LogP contribution in [-0.4, -0.2) is 24.0 Å². The Hall–Kier alpha value is -1.47. The van der Waals surface area contributed by atoms with Crippen molar-refractivity contribution in [2.45, 2.75) is 12.5 Å². The van der Waals surface area contributed by atoms with E-state index in [0.717, 1.165) is 0 Å². The van der Waals surface area contributed by atoms with E-state index in [-0.39, 0.29) is 12.1 Å². The van der Waals surface area contributed by atoms with Crippen LogP contribution in [0, 0.1) is 10.1 Å². The third kappa shape index (κ3) is 3.24. The lowest BCUT2D eigenvalue weighted by Gasteiger charge is -2.10. The third-order valence-corrected chi connectivity index (χ3v) is 3.11. The second kappa shape index (κ2) is 5.74. The molecule has 0 heterocycles. The van der Waals surface area contributed by atoms with E-state index >= 15 is 0 Å². The predicted octanol–water partition coefficient (Wildman–Crippen LogP) is 1.40. The number of methoxy groups -OCH3 is 1. The Labute approximate surface area is 106 Å². The maximum atomic E-state index is 11.1. The summed E-state index contributed by atoms with van der Waals surface area (Å²) in [4.78, 5) is 21.3. The highest BCUT2D eigenvalue weighted by Crippen LogP contribution is 2.28. The molecule has 0 aliphatic rings. The largest absolute Gasteiger partial charge is 0.468 e. The molecule has 0 aromatic heterocycles. The first kappa shape index (κ1) is 13.6. The molecule has 0 saturated heterocycles. The van der Waals surface area contributed by atoms with Crippen LogP contribution in [0.5, 0.6) is 0 Å². The fourth-order valence-corrected chi connectivity index (χ4v) is 1.91. The van der Waals surface area contributed by atoms with Crippen molar-refractivity contribution in [2.24, 2.45) is 5.73 Å². The van der Waals surface area contributed by atoms with E-state index in [1.54, 1.807) is 12.1 Å². The minimum atomic E-state index is -0.835. The number of rotatable bonds is 4. The first-order valence-electron chi connectivity index (χ1n) is 4.72. The van der Waals surface area contributed by atoms with E-state index in [4.69, 9.17) is 5.73 Å². The molecule has 1 rings (SSSR count). The lowest BCUT2D eigenvalue weighted by Crippen LogP contribution is -2.33. The zero-order valence-corrected chi connectivity index (χ0v) is 10.6. The number of ether oxygens (including phenoxy) is 1. The molecule has 1 aromatic rings. The van der Waals surface area contributed by atoms with Gasteiger partial charge in [0, 0.05) is 6.07 Å². The first-order chi connectivity index (χ1) is 7.97. The van der Waals surface area contributed by atoms with Gasteiger partial charge in [-0.15, -0.1) is 0 Å². The summed E-state index contributed by atoms with van der Waals surface area (Å²) < 4.78 is 4.83. The van der Waals surface area contributed by atoms with Crippen molar-refractivity contribution in [1.29, 1.82) is 0 Å². The average molecular weight is 303 g/mol. The zero-order valence-electron chi connectivity index (χ0n) is 9.05. The Morgan fingerprint density at radius 3 is 2.82 bits per heavy atom. The van der Waals surface area contributed by atoms with Gasteiger partial charge in [0.2, 0.25) is 0 Å². The van der Waals surface area contributed by atoms with Crippen molar-refractivity contribution in [1.82, 2.24) is 0 Å². The Bertz CT molecular complexity index is 450. The summed E-state index contributed by atoms with van der Waals surface area (Å²) in [6.45, 7) is 0. The molecule has 0 aliphatic carbocycles.